The van der Waals surface area contributed by atoms with Crippen LogP contribution in [0.3, 0.4) is 0 Å². The molecule has 0 amide bonds. The molecule has 1 heterocycles. The van der Waals surface area contributed by atoms with Gasteiger partial charge in [-0.05, 0) is 6.42 Å². The van der Waals surface area contributed by atoms with Gasteiger partial charge in [-0.1, -0.05) is 43.7 Å². The van der Waals surface area contributed by atoms with Gasteiger partial charge in [-0.2, -0.15) is 0 Å². The molecule has 17 heavy (non-hydrogen) atoms. The standard InChI is InChI=1S/C15H23N2/c1-3-4-11-17(12-10-16(2)14-17)13-15-8-6-5-7-9-15/h5-10,12H,3-4,11,13-14H2,1-2H3/q+1. The molecule has 0 saturated carbocycles. The second-order valence-electron chi connectivity index (χ2n) is 5.14. The van der Waals surface area contributed by atoms with Crippen LogP contribution in [0.1, 0.15) is 25.3 Å². The van der Waals surface area contributed by atoms with E-state index >= 15 is 0 Å². The van der Waals surface area contributed by atoms with Crippen LogP contribution in [0, 0.1) is 0 Å². The summed E-state index contributed by atoms with van der Waals surface area (Å²) in [5, 5.41) is 0. The van der Waals surface area contributed by atoms with Gasteiger partial charge in [-0.15, -0.1) is 0 Å². The maximum Gasteiger partial charge on any atom is 0.158 e. The SMILES string of the molecule is CCCC[N+]1(Cc2ccccc2)C=CN(C)C1. The average Bonchev–Trinajstić information content (AvgIpc) is 2.70. The van der Waals surface area contributed by atoms with Crippen LogP contribution >= 0.6 is 0 Å². The minimum absolute atomic E-state index is 1.08. The highest BCUT2D eigenvalue weighted by atomic mass is 15.5. The van der Waals surface area contributed by atoms with Crippen molar-refractivity contribution in [2.45, 2.75) is 26.3 Å². The molecule has 0 bridgehead atoms. The number of quaternary nitrogens is 1. The molecule has 0 N–H and O–H groups in total. The lowest BCUT2D eigenvalue weighted by atomic mass is 10.2. The zero-order valence-electron chi connectivity index (χ0n) is 11.0. The summed E-state index contributed by atoms with van der Waals surface area (Å²) in [6.07, 6.45) is 7.15. The Hall–Kier alpha value is -1.28. The van der Waals surface area contributed by atoms with E-state index in [9.17, 15) is 0 Å². The second-order valence-corrected chi connectivity index (χ2v) is 5.14. The molecule has 2 heteroatoms. The fourth-order valence-electron chi connectivity index (χ4n) is 2.54. The van der Waals surface area contributed by atoms with Gasteiger partial charge in [-0.3, -0.25) is 4.48 Å². The van der Waals surface area contributed by atoms with E-state index in [1.807, 2.05) is 0 Å². The van der Waals surface area contributed by atoms with Crippen molar-refractivity contribution in [2.75, 3.05) is 20.3 Å². The minimum Gasteiger partial charge on any atom is -0.329 e. The lowest BCUT2D eigenvalue weighted by molar-refractivity contribution is -0.894. The van der Waals surface area contributed by atoms with Crippen LogP contribution in [0.4, 0.5) is 0 Å². The first-order chi connectivity index (χ1) is 8.24. The van der Waals surface area contributed by atoms with Crippen molar-refractivity contribution in [3.05, 3.63) is 48.3 Å². The third-order valence-corrected chi connectivity index (χ3v) is 3.44. The topological polar surface area (TPSA) is 3.24 Å². The van der Waals surface area contributed by atoms with E-state index in [2.05, 4.69) is 61.6 Å². The van der Waals surface area contributed by atoms with E-state index in [1.165, 1.54) is 24.9 Å². The monoisotopic (exact) mass is 231 g/mol. The maximum absolute atomic E-state index is 2.36. The Morgan fingerprint density at radius 1 is 1.24 bits per heavy atom. The summed E-state index contributed by atoms with van der Waals surface area (Å²) < 4.78 is 1.08. The first kappa shape index (κ1) is 12.2. The maximum atomic E-state index is 2.36. The molecule has 0 aliphatic carbocycles. The van der Waals surface area contributed by atoms with E-state index in [1.54, 1.807) is 0 Å². The molecular formula is C15H23N2+. The average molecular weight is 231 g/mol. The zero-order chi connectivity index (χ0) is 12.1. The summed E-state index contributed by atoms with van der Waals surface area (Å²) in [7, 11) is 2.16. The van der Waals surface area contributed by atoms with Crippen molar-refractivity contribution >= 4 is 0 Å². The Balaban J connectivity index is 2.09. The highest BCUT2D eigenvalue weighted by Crippen LogP contribution is 2.22. The van der Waals surface area contributed by atoms with Gasteiger partial charge in [0, 0.05) is 12.6 Å². The molecule has 0 spiro atoms. The minimum atomic E-state index is 1.08. The smallest absolute Gasteiger partial charge is 0.158 e. The summed E-state index contributed by atoms with van der Waals surface area (Å²) in [6, 6.07) is 10.8. The van der Waals surface area contributed by atoms with Gasteiger partial charge < -0.3 is 4.90 Å². The highest BCUT2D eigenvalue weighted by molar-refractivity contribution is 5.13. The van der Waals surface area contributed by atoms with Crippen molar-refractivity contribution in [3.8, 4) is 0 Å². The summed E-state index contributed by atoms with van der Waals surface area (Å²) >= 11 is 0. The lowest BCUT2D eigenvalue weighted by Gasteiger charge is -2.32. The normalized spacial score (nSPS) is 23.3. The molecule has 2 rings (SSSR count). The van der Waals surface area contributed by atoms with Gasteiger partial charge >= 0.3 is 0 Å². The predicted molar refractivity (Wildman–Crippen MR) is 72.0 cm³/mol. The summed E-state index contributed by atoms with van der Waals surface area (Å²) in [5.74, 6) is 0. The molecule has 0 radical (unpaired) electrons. The predicted octanol–water partition coefficient (Wildman–Crippen LogP) is 3.18. The van der Waals surface area contributed by atoms with Crippen molar-refractivity contribution < 1.29 is 4.48 Å². The summed E-state index contributed by atoms with van der Waals surface area (Å²) in [5.41, 5.74) is 1.43. The van der Waals surface area contributed by atoms with Gasteiger partial charge in [0.1, 0.15) is 12.7 Å². The van der Waals surface area contributed by atoms with Crippen molar-refractivity contribution in [3.63, 3.8) is 0 Å². The molecule has 1 aliphatic rings. The Labute approximate surface area is 105 Å². The Kier molecular flexibility index (Phi) is 3.85. The molecule has 2 nitrogen and oxygen atoms in total. The Morgan fingerprint density at radius 2 is 2.00 bits per heavy atom. The van der Waals surface area contributed by atoms with Crippen LogP contribution in [0.15, 0.2) is 42.7 Å². The third-order valence-electron chi connectivity index (χ3n) is 3.44. The van der Waals surface area contributed by atoms with Gasteiger partial charge in [0.25, 0.3) is 0 Å². The first-order valence-electron chi connectivity index (χ1n) is 6.53. The van der Waals surface area contributed by atoms with Gasteiger partial charge in [0.2, 0.25) is 0 Å². The number of benzene rings is 1. The quantitative estimate of drug-likeness (QED) is 0.704. The van der Waals surface area contributed by atoms with Gasteiger partial charge in [0.05, 0.1) is 12.7 Å². The fourth-order valence-corrected chi connectivity index (χ4v) is 2.54. The third kappa shape index (κ3) is 3.10. The van der Waals surface area contributed by atoms with E-state index in [-0.39, 0.29) is 0 Å². The van der Waals surface area contributed by atoms with Crippen molar-refractivity contribution in [1.29, 1.82) is 0 Å². The fraction of sp³-hybridized carbons (Fsp3) is 0.467. The second kappa shape index (κ2) is 5.37. The molecule has 0 fully saturated rings. The molecule has 0 aromatic heterocycles. The van der Waals surface area contributed by atoms with Gasteiger partial charge in [0.15, 0.2) is 6.67 Å². The van der Waals surface area contributed by atoms with Crippen LogP contribution in [-0.4, -0.2) is 29.6 Å². The largest absolute Gasteiger partial charge is 0.329 e. The molecular weight excluding hydrogens is 208 g/mol. The van der Waals surface area contributed by atoms with E-state index in [0.717, 1.165) is 17.7 Å². The van der Waals surface area contributed by atoms with Crippen molar-refractivity contribution in [1.82, 2.24) is 4.90 Å². The van der Waals surface area contributed by atoms with E-state index in [4.69, 9.17) is 0 Å². The van der Waals surface area contributed by atoms with Crippen LogP contribution < -0.4 is 0 Å². The molecule has 1 unspecified atom stereocenters. The van der Waals surface area contributed by atoms with E-state index < -0.39 is 0 Å². The Bertz CT molecular complexity index is 372. The number of hydrogen-bond acceptors (Lipinski definition) is 1. The zero-order valence-corrected chi connectivity index (χ0v) is 11.0. The molecule has 1 aromatic carbocycles. The molecule has 92 valence electrons. The number of hydrogen-bond donors (Lipinski definition) is 0. The number of rotatable bonds is 5. The van der Waals surface area contributed by atoms with Gasteiger partial charge in [-0.25, -0.2) is 0 Å². The summed E-state index contributed by atoms with van der Waals surface area (Å²) in [4.78, 5) is 2.29. The molecule has 0 saturated heterocycles. The highest BCUT2D eigenvalue weighted by Gasteiger charge is 2.30. The van der Waals surface area contributed by atoms with E-state index in [0.29, 0.717) is 0 Å². The van der Waals surface area contributed by atoms with Crippen LogP contribution in [0.25, 0.3) is 0 Å². The van der Waals surface area contributed by atoms with Crippen LogP contribution in [0.2, 0.25) is 0 Å². The molecule has 1 aromatic rings. The first-order valence-corrected chi connectivity index (χ1v) is 6.53. The summed E-state index contributed by atoms with van der Waals surface area (Å²) in [6.45, 7) is 5.73. The van der Waals surface area contributed by atoms with Crippen molar-refractivity contribution in [2.24, 2.45) is 0 Å². The Morgan fingerprint density at radius 3 is 2.59 bits per heavy atom. The number of nitrogens with zero attached hydrogens (tertiary/aromatic N) is 2. The van der Waals surface area contributed by atoms with Crippen LogP contribution in [0.5, 0.6) is 0 Å². The molecule has 1 atom stereocenters. The molecule has 1 aliphatic heterocycles. The lowest BCUT2D eigenvalue weighted by Crippen LogP contribution is -2.44. The number of unbranched alkanes of at least 4 members (excludes halogenated alkanes) is 1. The van der Waals surface area contributed by atoms with Crippen LogP contribution in [-0.2, 0) is 6.54 Å².